The van der Waals surface area contributed by atoms with Crippen LogP contribution in [0.2, 0.25) is 0 Å². The SMILES string of the molecule is CCCc1noc([C@@H](C)Nc2ccc3c(c2)c2ccccc2n3CC)n1. The lowest BCUT2D eigenvalue weighted by atomic mass is 10.1. The standard InChI is InChI=1S/C21H24N4O/c1-4-8-20-23-21(26-24-20)14(3)22-15-11-12-19-17(13-15)16-9-6-7-10-18(16)25(19)5-2/h6-7,9-14,22H,4-5,8H2,1-3H3/t14-/m1/s1. The maximum Gasteiger partial charge on any atom is 0.248 e. The molecule has 1 N–H and O–H groups in total. The van der Waals surface area contributed by atoms with E-state index in [9.17, 15) is 0 Å². The summed E-state index contributed by atoms with van der Waals surface area (Å²) in [5, 5.41) is 10.1. The summed E-state index contributed by atoms with van der Waals surface area (Å²) >= 11 is 0. The first-order valence-electron chi connectivity index (χ1n) is 9.31. The molecule has 0 amide bonds. The number of rotatable bonds is 6. The maximum absolute atomic E-state index is 5.40. The Morgan fingerprint density at radius 1 is 1.08 bits per heavy atom. The normalized spacial score (nSPS) is 12.7. The number of anilines is 1. The van der Waals surface area contributed by atoms with Crippen molar-refractivity contribution in [1.29, 1.82) is 0 Å². The van der Waals surface area contributed by atoms with Crippen molar-refractivity contribution in [3.8, 4) is 0 Å². The summed E-state index contributed by atoms with van der Waals surface area (Å²) in [6.07, 6.45) is 1.86. The molecule has 2 aromatic carbocycles. The molecule has 26 heavy (non-hydrogen) atoms. The molecule has 0 aliphatic rings. The Morgan fingerprint density at radius 3 is 2.69 bits per heavy atom. The molecule has 2 heterocycles. The molecule has 4 aromatic rings. The molecule has 5 heteroatoms. The van der Waals surface area contributed by atoms with Gasteiger partial charge in [0.15, 0.2) is 5.82 Å². The van der Waals surface area contributed by atoms with Crippen LogP contribution in [-0.4, -0.2) is 14.7 Å². The molecule has 0 aliphatic carbocycles. The minimum absolute atomic E-state index is 0.0370. The van der Waals surface area contributed by atoms with Crippen molar-refractivity contribution in [2.45, 2.75) is 46.2 Å². The van der Waals surface area contributed by atoms with Crippen LogP contribution in [0.5, 0.6) is 0 Å². The zero-order valence-corrected chi connectivity index (χ0v) is 15.5. The second kappa shape index (κ2) is 6.83. The molecule has 0 radical (unpaired) electrons. The number of benzene rings is 2. The minimum atomic E-state index is -0.0370. The molecule has 134 valence electrons. The van der Waals surface area contributed by atoms with Crippen LogP contribution in [0.3, 0.4) is 0 Å². The molecule has 0 bridgehead atoms. The smallest absolute Gasteiger partial charge is 0.248 e. The molecule has 0 unspecified atom stereocenters. The van der Waals surface area contributed by atoms with E-state index < -0.39 is 0 Å². The largest absolute Gasteiger partial charge is 0.374 e. The Morgan fingerprint density at radius 2 is 1.88 bits per heavy atom. The highest BCUT2D eigenvalue weighted by atomic mass is 16.5. The van der Waals surface area contributed by atoms with Gasteiger partial charge < -0.3 is 14.4 Å². The van der Waals surface area contributed by atoms with E-state index in [1.165, 1.54) is 21.8 Å². The molecular formula is C21H24N4O. The first kappa shape index (κ1) is 16.6. The van der Waals surface area contributed by atoms with Crippen LogP contribution in [0, 0.1) is 0 Å². The van der Waals surface area contributed by atoms with Crippen LogP contribution in [0.15, 0.2) is 47.0 Å². The van der Waals surface area contributed by atoms with Crippen molar-refractivity contribution in [1.82, 2.24) is 14.7 Å². The number of nitrogens with one attached hydrogen (secondary N) is 1. The number of hydrogen-bond acceptors (Lipinski definition) is 4. The van der Waals surface area contributed by atoms with Crippen molar-refractivity contribution < 1.29 is 4.52 Å². The van der Waals surface area contributed by atoms with E-state index in [1.54, 1.807) is 0 Å². The molecular weight excluding hydrogens is 324 g/mol. The molecule has 4 rings (SSSR count). The third kappa shape index (κ3) is 2.83. The predicted molar refractivity (Wildman–Crippen MR) is 105 cm³/mol. The number of fused-ring (bicyclic) bond motifs is 3. The maximum atomic E-state index is 5.40. The van der Waals surface area contributed by atoms with E-state index in [2.05, 4.69) is 76.3 Å². The van der Waals surface area contributed by atoms with Gasteiger partial charge >= 0.3 is 0 Å². The van der Waals surface area contributed by atoms with Gasteiger partial charge in [0.1, 0.15) is 6.04 Å². The molecule has 2 aromatic heterocycles. The number of nitrogens with zero attached hydrogens (tertiary/aromatic N) is 3. The van der Waals surface area contributed by atoms with Crippen molar-refractivity contribution in [3.05, 3.63) is 54.2 Å². The lowest BCUT2D eigenvalue weighted by molar-refractivity contribution is 0.362. The number of aryl methyl sites for hydroxylation is 2. The summed E-state index contributed by atoms with van der Waals surface area (Å²) < 4.78 is 7.76. The molecule has 0 saturated heterocycles. The van der Waals surface area contributed by atoms with E-state index in [4.69, 9.17) is 4.52 Å². The summed E-state index contributed by atoms with van der Waals surface area (Å²) in [4.78, 5) is 4.48. The van der Waals surface area contributed by atoms with Gasteiger partial charge in [0.25, 0.3) is 0 Å². The number of para-hydroxylation sites is 1. The highest BCUT2D eigenvalue weighted by Crippen LogP contribution is 2.31. The summed E-state index contributed by atoms with van der Waals surface area (Å²) in [6.45, 7) is 7.29. The Balaban J connectivity index is 1.67. The lowest BCUT2D eigenvalue weighted by Crippen LogP contribution is -2.07. The van der Waals surface area contributed by atoms with Crippen LogP contribution in [-0.2, 0) is 13.0 Å². The van der Waals surface area contributed by atoms with Gasteiger partial charge in [-0.15, -0.1) is 0 Å². The second-order valence-electron chi connectivity index (χ2n) is 6.66. The van der Waals surface area contributed by atoms with Crippen LogP contribution in [0.1, 0.15) is 44.9 Å². The Labute approximate surface area is 153 Å². The molecule has 0 fully saturated rings. The molecule has 5 nitrogen and oxygen atoms in total. The summed E-state index contributed by atoms with van der Waals surface area (Å²) in [5.74, 6) is 1.40. The number of hydrogen-bond donors (Lipinski definition) is 1. The third-order valence-corrected chi connectivity index (χ3v) is 4.80. The fraction of sp³-hybridized carbons (Fsp3) is 0.333. The van der Waals surface area contributed by atoms with Gasteiger partial charge in [0.2, 0.25) is 5.89 Å². The van der Waals surface area contributed by atoms with Crippen LogP contribution in [0.4, 0.5) is 5.69 Å². The van der Waals surface area contributed by atoms with Crippen molar-refractivity contribution in [2.75, 3.05) is 5.32 Å². The average molecular weight is 348 g/mol. The van der Waals surface area contributed by atoms with E-state index in [0.29, 0.717) is 5.89 Å². The highest BCUT2D eigenvalue weighted by molar-refractivity contribution is 6.09. The second-order valence-corrected chi connectivity index (χ2v) is 6.66. The van der Waals surface area contributed by atoms with E-state index >= 15 is 0 Å². The zero-order chi connectivity index (χ0) is 18.1. The van der Waals surface area contributed by atoms with Gasteiger partial charge in [-0.25, -0.2) is 0 Å². The molecule has 0 saturated carbocycles. The number of aromatic nitrogens is 3. The van der Waals surface area contributed by atoms with Crippen molar-refractivity contribution >= 4 is 27.5 Å². The van der Waals surface area contributed by atoms with E-state index in [-0.39, 0.29) is 6.04 Å². The van der Waals surface area contributed by atoms with E-state index in [1.807, 2.05) is 6.92 Å². The first-order valence-corrected chi connectivity index (χ1v) is 9.31. The minimum Gasteiger partial charge on any atom is -0.374 e. The van der Waals surface area contributed by atoms with Gasteiger partial charge in [0.05, 0.1) is 0 Å². The van der Waals surface area contributed by atoms with Gasteiger partial charge in [0, 0.05) is 40.5 Å². The lowest BCUT2D eigenvalue weighted by Gasteiger charge is -2.11. The van der Waals surface area contributed by atoms with Gasteiger partial charge in [-0.05, 0) is 44.5 Å². The van der Waals surface area contributed by atoms with Crippen molar-refractivity contribution in [2.24, 2.45) is 0 Å². The molecule has 0 spiro atoms. The third-order valence-electron chi connectivity index (χ3n) is 4.80. The Hall–Kier alpha value is -2.82. The predicted octanol–water partition coefficient (Wildman–Crippen LogP) is 5.32. The van der Waals surface area contributed by atoms with Crippen LogP contribution < -0.4 is 5.32 Å². The van der Waals surface area contributed by atoms with Gasteiger partial charge in [-0.2, -0.15) is 4.98 Å². The highest BCUT2D eigenvalue weighted by Gasteiger charge is 2.15. The molecule has 0 aliphatic heterocycles. The summed E-state index contributed by atoms with van der Waals surface area (Å²) in [6, 6.07) is 15.0. The summed E-state index contributed by atoms with van der Waals surface area (Å²) in [7, 11) is 0. The fourth-order valence-corrected chi connectivity index (χ4v) is 3.56. The average Bonchev–Trinajstić information content (AvgIpc) is 3.24. The van der Waals surface area contributed by atoms with Gasteiger partial charge in [-0.1, -0.05) is 30.3 Å². The zero-order valence-electron chi connectivity index (χ0n) is 15.5. The van der Waals surface area contributed by atoms with Crippen molar-refractivity contribution in [3.63, 3.8) is 0 Å². The van der Waals surface area contributed by atoms with E-state index in [0.717, 1.165) is 30.9 Å². The monoisotopic (exact) mass is 348 g/mol. The Bertz CT molecular complexity index is 1050. The quantitative estimate of drug-likeness (QED) is 0.512. The van der Waals surface area contributed by atoms with Crippen LogP contribution >= 0.6 is 0 Å². The topological polar surface area (TPSA) is 55.9 Å². The summed E-state index contributed by atoms with van der Waals surface area (Å²) in [5.41, 5.74) is 3.59. The Kier molecular flexibility index (Phi) is 4.37. The fourth-order valence-electron chi connectivity index (χ4n) is 3.56. The molecule has 1 atom stereocenters. The van der Waals surface area contributed by atoms with Crippen LogP contribution in [0.25, 0.3) is 21.8 Å². The van der Waals surface area contributed by atoms with Gasteiger partial charge in [-0.3, -0.25) is 0 Å². The first-order chi connectivity index (χ1) is 12.7.